The van der Waals surface area contributed by atoms with E-state index in [-0.39, 0.29) is 17.6 Å². The molecule has 4 heteroatoms. The molecule has 0 aromatic heterocycles. The van der Waals surface area contributed by atoms with E-state index in [1.807, 2.05) is 18.2 Å². The van der Waals surface area contributed by atoms with Gasteiger partial charge < -0.3 is 4.90 Å². The molecule has 1 unspecified atom stereocenters. The summed E-state index contributed by atoms with van der Waals surface area (Å²) in [4.78, 5) is 30.4. The van der Waals surface area contributed by atoms with Crippen molar-refractivity contribution >= 4 is 17.4 Å². The smallest absolute Gasteiger partial charge is 0.253 e. The first-order valence-electron chi connectivity index (χ1n) is 8.05. The SMILES string of the molecule is [C-]#[N+]c1ccc(C(=O)C2CCCN(C(=O)c3ccccc3)C2)cc1. The Morgan fingerprint density at radius 2 is 1.71 bits per heavy atom. The van der Waals surface area contributed by atoms with Crippen molar-refractivity contribution < 1.29 is 9.59 Å². The summed E-state index contributed by atoms with van der Waals surface area (Å²) in [6.07, 6.45) is 1.62. The topological polar surface area (TPSA) is 41.7 Å². The van der Waals surface area contributed by atoms with Crippen LogP contribution in [-0.4, -0.2) is 29.7 Å². The van der Waals surface area contributed by atoms with Gasteiger partial charge in [0, 0.05) is 30.1 Å². The summed E-state index contributed by atoms with van der Waals surface area (Å²) in [6.45, 7) is 8.11. The Hall–Kier alpha value is -2.93. The Labute approximate surface area is 141 Å². The predicted octanol–water partition coefficient (Wildman–Crippen LogP) is 3.97. The summed E-state index contributed by atoms with van der Waals surface area (Å²) in [5.74, 6) is -0.140. The van der Waals surface area contributed by atoms with Gasteiger partial charge in [0.2, 0.25) is 0 Å². The molecule has 0 aliphatic carbocycles. The minimum Gasteiger partial charge on any atom is -0.338 e. The van der Waals surface area contributed by atoms with E-state index in [4.69, 9.17) is 6.57 Å². The highest BCUT2D eigenvalue weighted by Crippen LogP contribution is 2.23. The Balaban J connectivity index is 1.72. The summed E-state index contributed by atoms with van der Waals surface area (Å²) in [5, 5.41) is 0. The largest absolute Gasteiger partial charge is 0.338 e. The van der Waals surface area contributed by atoms with Crippen molar-refractivity contribution in [3.8, 4) is 0 Å². The number of hydrogen-bond donors (Lipinski definition) is 0. The Kier molecular flexibility index (Phi) is 4.72. The first-order chi connectivity index (χ1) is 11.7. The van der Waals surface area contributed by atoms with E-state index < -0.39 is 0 Å². The molecule has 4 nitrogen and oxygen atoms in total. The van der Waals surface area contributed by atoms with Gasteiger partial charge in [0.05, 0.1) is 6.57 Å². The van der Waals surface area contributed by atoms with Crippen LogP contribution in [0.3, 0.4) is 0 Å². The number of piperidine rings is 1. The number of ketones is 1. The monoisotopic (exact) mass is 318 g/mol. The second-order valence-corrected chi connectivity index (χ2v) is 5.98. The highest BCUT2D eigenvalue weighted by atomic mass is 16.2. The van der Waals surface area contributed by atoms with Gasteiger partial charge in [-0.15, -0.1) is 0 Å². The predicted molar refractivity (Wildman–Crippen MR) is 92.1 cm³/mol. The number of benzene rings is 2. The second-order valence-electron chi connectivity index (χ2n) is 5.98. The number of nitrogens with zero attached hydrogens (tertiary/aromatic N) is 2. The zero-order valence-corrected chi connectivity index (χ0v) is 13.3. The van der Waals surface area contributed by atoms with Gasteiger partial charge in [-0.1, -0.05) is 42.5 Å². The lowest BCUT2D eigenvalue weighted by atomic mass is 9.89. The first kappa shape index (κ1) is 15.9. The number of Topliss-reactive ketones (excluding diaryl/α,β-unsaturated/α-hetero) is 1. The molecule has 0 bridgehead atoms. The van der Waals surface area contributed by atoms with Gasteiger partial charge in [0.25, 0.3) is 5.91 Å². The van der Waals surface area contributed by atoms with Gasteiger partial charge in [-0.2, -0.15) is 0 Å². The normalized spacial score (nSPS) is 17.1. The minimum atomic E-state index is -0.176. The van der Waals surface area contributed by atoms with Gasteiger partial charge in [-0.05, 0) is 25.0 Å². The molecule has 2 aromatic carbocycles. The Bertz CT molecular complexity index is 776. The Morgan fingerprint density at radius 3 is 2.38 bits per heavy atom. The molecule has 1 heterocycles. The third-order valence-corrected chi connectivity index (χ3v) is 4.38. The van der Waals surface area contributed by atoms with E-state index in [1.165, 1.54) is 0 Å². The van der Waals surface area contributed by atoms with E-state index in [0.717, 1.165) is 12.8 Å². The molecule has 3 rings (SSSR count). The van der Waals surface area contributed by atoms with E-state index in [1.54, 1.807) is 41.3 Å². The average Bonchev–Trinajstić information content (AvgIpc) is 2.67. The van der Waals surface area contributed by atoms with Crippen LogP contribution in [0.5, 0.6) is 0 Å². The first-order valence-corrected chi connectivity index (χ1v) is 8.05. The maximum Gasteiger partial charge on any atom is 0.253 e. The maximum absolute atomic E-state index is 12.7. The molecular weight excluding hydrogens is 300 g/mol. The molecule has 120 valence electrons. The molecule has 0 spiro atoms. The molecule has 0 radical (unpaired) electrons. The van der Waals surface area contributed by atoms with E-state index in [2.05, 4.69) is 4.85 Å². The van der Waals surface area contributed by atoms with Crippen molar-refractivity contribution in [1.82, 2.24) is 4.90 Å². The lowest BCUT2D eigenvalue weighted by Gasteiger charge is -2.32. The van der Waals surface area contributed by atoms with Crippen LogP contribution in [0.1, 0.15) is 33.6 Å². The van der Waals surface area contributed by atoms with Crippen molar-refractivity contribution in [2.24, 2.45) is 5.92 Å². The van der Waals surface area contributed by atoms with Crippen LogP contribution in [0, 0.1) is 12.5 Å². The van der Waals surface area contributed by atoms with Crippen LogP contribution in [-0.2, 0) is 0 Å². The quantitative estimate of drug-likeness (QED) is 0.634. The molecule has 0 N–H and O–H groups in total. The number of carbonyl (C=O) groups is 2. The van der Waals surface area contributed by atoms with Crippen molar-refractivity contribution in [2.45, 2.75) is 12.8 Å². The minimum absolute atomic E-state index is 0.0172. The van der Waals surface area contributed by atoms with Crippen molar-refractivity contribution in [1.29, 1.82) is 0 Å². The molecule has 1 atom stereocenters. The second kappa shape index (κ2) is 7.10. The number of hydrogen-bond acceptors (Lipinski definition) is 2. The summed E-state index contributed by atoms with van der Waals surface area (Å²) >= 11 is 0. The number of rotatable bonds is 3. The fourth-order valence-electron chi connectivity index (χ4n) is 3.07. The standard InChI is InChI=1S/C20H18N2O2/c1-21-18-11-9-15(10-12-18)19(23)17-8-5-13-22(14-17)20(24)16-6-3-2-4-7-16/h2-4,6-7,9-12,17H,5,8,13-14H2. The van der Waals surface area contributed by atoms with E-state index >= 15 is 0 Å². The van der Waals surface area contributed by atoms with Crippen molar-refractivity contribution in [3.63, 3.8) is 0 Å². The van der Waals surface area contributed by atoms with Crippen LogP contribution < -0.4 is 0 Å². The molecule has 24 heavy (non-hydrogen) atoms. The number of likely N-dealkylation sites (tertiary alicyclic amines) is 1. The molecule has 1 aliphatic rings. The zero-order valence-electron chi connectivity index (χ0n) is 13.3. The van der Waals surface area contributed by atoms with Crippen LogP contribution in [0.25, 0.3) is 4.85 Å². The molecule has 0 saturated carbocycles. The molecule has 1 saturated heterocycles. The van der Waals surface area contributed by atoms with Crippen molar-refractivity contribution in [3.05, 3.63) is 77.1 Å². The van der Waals surface area contributed by atoms with Gasteiger partial charge in [-0.25, -0.2) is 4.85 Å². The highest BCUT2D eigenvalue weighted by molar-refractivity contribution is 5.99. The Morgan fingerprint density at radius 1 is 1.00 bits per heavy atom. The van der Waals surface area contributed by atoms with Gasteiger partial charge in [-0.3, -0.25) is 9.59 Å². The summed E-state index contributed by atoms with van der Waals surface area (Å²) < 4.78 is 0. The van der Waals surface area contributed by atoms with Crippen molar-refractivity contribution in [2.75, 3.05) is 13.1 Å². The van der Waals surface area contributed by atoms with E-state index in [0.29, 0.717) is 29.9 Å². The van der Waals surface area contributed by atoms with Gasteiger partial charge in [0.15, 0.2) is 11.5 Å². The van der Waals surface area contributed by atoms with E-state index in [9.17, 15) is 9.59 Å². The lowest BCUT2D eigenvalue weighted by molar-refractivity contribution is 0.0637. The highest BCUT2D eigenvalue weighted by Gasteiger charge is 2.29. The van der Waals surface area contributed by atoms with Crippen LogP contribution in [0.4, 0.5) is 5.69 Å². The summed E-state index contributed by atoms with van der Waals surface area (Å²) in [5.41, 5.74) is 1.80. The molecule has 1 aliphatic heterocycles. The third-order valence-electron chi connectivity index (χ3n) is 4.38. The summed E-state index contributed by atoms with van der Waals surface area (Å²) in [7, 11) is 0. The average molecular weight is 318 g/mol. The summed E-state index contributed by atoms with van der Waals surface area (Å²) in [6, 6.07) is 15.9. The fraction of sp³-hybridized carbons (Fsp3) is 0.250. The third kappa shape index (κ3) is 3.36. The molecular formula is C20H18N2O2. The van der Waals surface area contributed by atoms with Crippen LogP contribution in [0.15, 0.2) is 54.6 Å². The molecule has 2 aromatic rings. The number of amides is 1. The van der Waals surface area contributed by atoms with Crippen LogP contribution in [0.2, 0.25) is 0 Å². The van der Waals surface area contributed by atoms with Gasteiger partial charge >= 0.3 is 0 Å². The maximum atomic E-state index is 12.7. The lowest BCUT2D eigenvalue weighted by Crippen LogP contribution is -2.42. The van der Waals surface area contributed by atoms with Crippen LogP contribution >= 0.6 is 0 Å². The zero-order chi connectivity index (χ0) is 16.9. The number of carbonyl (C=O) groups excluding carboxylic acids is 2. The molecule has 1 fully saturated rings. The molecule has 1 amide bonds. The fourth-order valence-corrected chi connectivity index (χ4v) is 3.07. The van der Waals surface area contributed by atoms with Gasteiger partial charge in [0.1, 0.15) is 0 Å².